The van der Waals surface area contributed by atoms with E-state index in [9.17, 15) is 4.79 Å². The minimum absolute atomic E-state index is 0.0322. The number of morpholine rings is 1. The Hall–Kier alpha value is -2.62. The van der Waals surface area contributed by atoms with Crippen molar-refractivity contribution < 1.29 is 9.53 Å². The molecule has 1 aliphatic heterocycles. The highest BCUT2D eigenvalue weighted by Gasteiger charge is 2.17. The van der Waals surface area contributed by atoms with Gasteiger partial charge >= 0.3 is 0 Å². The van der Waals surface area contributed by atoms with E-state index in [0.717, 1.165) is 49.0 Å². The van der Waals surface area contributed by atoms with Crippen molar-refractivity contribution in [2.45, 2.75) is 19.9 Å². The fraction of sp³-hybridized carbons (Fsp3) is 0.400. The summed E-state index contributed by atoms with van der Waals surface area (Å²) in [7, 11) is 0. The number of rotatable bonds is 6. The van der Waals surface area contributed by atoms with Crippen LogP contribution in [-0.2, 0) is 4.74 Å². The zero-order valence-corrected chi connectivity index (χ0v) is 17.4. The van der Waals surface area contributed by atoms with E-state index >= 15 is 0 Å². The molecule has 1 aliphatic rings. The van der Waals surface area contributed by atoms with E-state index in [1.165, 1.54) is 11.2 Å². The maximum absolute atomic E-state index is 13.0. The van der Waals surface area contributed by atoms with Crippen molar-refractivity contribution in [1.29, 1.82) is 0 Å². The smallest absolute Gasteiger partial charge is 0.251 e. The predicted octanol–water partition coefficient (Wildman–Crippen LogP) is 2.15. The van der Waals surface area contributed by atoms with E-state index in [2.05, 4.69) is 44.8 Å². The quantitative estimate of drug-likeness (QED) is 0.668. The van der Waals surface area contributed by atoms with Crippen molar-refractivity contribution in [2.75, 3.05) is 32.8 Å². The van der Waals surface area contributed by atoms with Gasteiger partial charge in [-0.3, -0.25) is 9.69 Å². The number of ether oxygens (including phenoxy) is 1. The lowest BCUT2D eigenvalue weighted by atomic mass is 10.1. The maximum Gasteiger partial charge on any atom is 0.251 e. The number of carbonyl (C=O) groups excluding carboxylic acids is 1. The Bertz CT molecular complexity index is 965. The molecule has 1 aromatic carbocycles. The Balaban J connectivity index is 1.56. The zero-order valence-electron chi connectivity index (χ0n) is 16.5. The molecule has 2 aromatic heterocycles. The van der Waals surface area contributed by atoms with Crippen molar-refractivity contribution in [3.05, 3.63) is 47.1 Å². The molecule has 0 aliphatic carbocycles. The van der Waals surface area contributed by atoms with Crippen molar-refractivity contribution in [2.24, 2.45) is 0 Å². The molecular formula is C20H24N6O2S. The lowest BCUT2D eigenvalue weighted by Crippen LogP contribution is -2.46. The average Bonchev–Trinajstić information content (AvgIpc) is 3.40. The van der Waals surface area contributed by atoms with Gasteiger partial charge in [0.05, 0.1) is 18.9 Å². The number of hydrogen-bond acceptors (Lipinski definition) is 7. The van der Waals surface area contributed by atoms with Gasteiger partial charge in [0.25, 0.3) is 5.91 Å². The van der Waals surface area contributed by atoms with Crippen LogP contribution in [0.2, 0.25) is 0 Å². The molecular weight excluding hydrogens is 388 g/mol. The lowest BCUT2D eigenvalue weighted by Gasteiger charge is -2.29. The van der Waals surface area contributed by atoms with Crippen LogP contribution in [0.3, 0.4) is 0 Å². The van der Waals surface area contributed by atoms with Crippen molar-refractivity contribution in [1.82, 2.24) is 30.4 Å². The summed E-state index contributed by atoms with van der Waals surface area (Å²) in [6.45, 7) is 8.20. The summed E-state index contributed by atoms with van der Waals surface area (Å²) in [5, 5.41) is 14.5. The molecule has 1 atom stereocenters. The van der Waals surface area contributed by atoms with Crippen LogP contribution in [0.25, 0.3) is 16.1 Å². The molecule has 29 heavy (non-hydrogen) atoms. The van der Waals surface area contributed by atoms with Crippen LogP contribution in [0.1, 0.15) is 22.2 Å². The lowest BCUT2D eigenvalue weighted by molar-refractivity contribution is 0.0342. The Labute approximate surface area is 173 Å². The van der Waals surface area contributed by atoms with Gasteiger partial charge in [0.2, 0.25) is 0 Å². The van der Waals surface area contributed by atoms with Crippen LogP contribution in [-0.4, -0.2) is 69.9 Å². The molecule has 3 aromatic rings. The number of benzene rings is 1. The SMILES string of the molecule is Cc1ccc(-c2cc(C(=O)N[C@H](C)CN3CCOCC3)cc(-n3cnnn3)c2)s1. The Kier molecular flexibility index (Phi) is 5.98. The maximum atomic E-state index is 13.0. The number of aromatic nitrogens is 4. The first-order chi connectivity index (χ1) is 14.1. The number of tetrazole rings is 1. The van der Waals surface area contributed by atoms with Crippen LogP contribution in [0.4, 0.5) is 0 Å². The summed E-state index contributed by atoms with van der Waals surface area (Å²) in [4.78, 5) is 17.6. The van der Waals surface area contributed by atoms with Gasteiger partial charge in [0.15, 0.2) is 0 Å². The highest BCUT2D eigenvalue weighted by Crippen LogP contribution is 2.30. The molecule has 1 fully saturated rings. The summed E-state index contributed by atoms with van der Waals surface area (Å²) >= 11 is 1.69. The van der Waals surface area contributed by atoms with E-state index in [1.54, 1.807) is 16.0 Å². The molecule has 152 valence electrons. The van der Waals surface area contributed by atoms with Gasteiger partial charge in [-0.25, -0.2) is 4.68 Å². The molecule has 9 heteroatoms. The third-order valence-electron chi connectivity index (χ3n) is 4.83. The number of aryl methyl sites for hydroxylation is 1. The van der Waals surface area contributed by atoms with Gasteiger partial charge < -0.3 is 10.1 Å². The minimum Gasteiger partial charge on any atom is -0.379 e. The molecule has 0 spiro atoms. The van der Waals surface area contributed by atoms with E-state index < -0.39 is 0 Å². The first-order valence-electron chi connectivity index (χ1n) is 9.65. The Morgan fingerprint density at radius 1 is 1.28 bits per heavy atom. The average molecular weight is 413 g/mol. The fourth-order valence-electron chi connectivity index (χ4n) is 3.41. The molecule has 3 heterocycles. The van der Waals surface area contributed by atoms with Gasteiger partial charge in [0, 0.05) is 41.0 Å². The van der Waals surface area contributed by atoms with Gasteiger partial charge in [-0.15, -0.1) is 16.4 Å². The zero-order chi connectivity index (χ0) is 20.2. The van der Waals surface area contributed by atoms with Crippen molar-refractivity contribution in [3.63, 3.8) is 0 Å². The standard InChI is InChI=1S/C20H24N6O2S/c1-14(12-25-5-7-28-8-6-25)22-20(27)17-9-16(19-4-3-15(2)29-19)10-18(11-17)26-13-21-23-24-26/h3-4,9-11,13-14H,5-8,12H2,1-2H3,(H,22,27)/t14-/m1/s1. The normalized spacial score (nSPS) is 15.9. The molecule has 1 saturated heterocycles. The van der Waals surface area contributed by atoms with E-state index in [4.69, 9.17) is 4.74 Å². The molecule has 0 unspecified atom stereocenters. The third kappa shape index (κ3) is 4.87. The second-order valence-electron chi connectivity index (χ2n) is 7.22. The predicted molar refractivity (Wildman–Crippen MR) is 111 cm³/mol. The second-order valence-corrected chi connectivity index (χ2v) is 8.51. The summed E-state index contributed by atoms with van der Waals surface area (Å²) in [5.74, 6) is -0.102. The molecule has 1 N–H and O–H groups in total. The number of thiophene rings is 1. The highest BCUT2D eigenvalue weighted by atomic mass is 32.1. The van der Waals surface area contributed by atoms with Gasteiger partial charge in [0.1, 0.15) is 6.33 Å². The highest BCUT2D eigenvalue weighted by molar-refractivity contribution is 7.15. The van der Waals surface area contributed by atoms with E-state index in [1.807, 2.05) is 25.1 Å². The Morgan fingerprint density at radius 2 is 2.10 bits per heavy atom. The largest absolute Gasteiger partial charge is 0.379 e. The van der Waals surface area contributed by atoms with Crippen molar-refractivity contribution >= 4 is 17.2 Å². The number of amides is 1. The number of carbonyl (C=O) groups is 1. The summed E-state index contributed by atoms with van der Waals surface area (Å²) < 4.78 is 6.96. The third-order valence-corrected chi connectivity index (χ3v) is 5.88. The summed E-state index contributed by atoms with van der Waals surface area (Å²) in [5.41, 5.74) is 2.32. The van der Waals surface area contributed by atoms with Gasteiger partial charge in [-0.1, -0.05) is 0 Å². The topological polar surface area (TPSA) is 85.2 Å². The number of hydrogen-bond donors (Lipinski definition) is 1. The fourth-order valence-corrected chi connectivity index (χ4v) is 4.26. The molecule has 8 nitrogen and oxygen atoms in total. The molecule has 0 bridgehead atoms. The van der Waals surface area contributed by atoms with Crippen LogP contribution in [0.15, 0.2) is 36.7 Å². The molecule has 4 rings (SSSR count). The number of nitrogens with one attached hydrogen (secondary N) is 1. The van der Waals surface area contributed by atoms with E-state index in [-0.39, 0.29) is 11.9 Å². The van der Waals surface area contributed by atoms with E-state index in [0.29, 0.717) is 5.56 Å². The summed E-state index contributed by atoms with van der Waals surface area (Å²) in [6, 6.07) is 9.92. The molecule has 0 saturated carbocycles. The first kappa shape index (κ1) is 19.7. The summed E-state index contributed by atoms with van der Waals surface area (Å²) in [6.07, 6.45) is 1.53. The van der Waals surface area contributed by atoms with Crippen LogP contribution >= 0.6 is 11.3 Å². The second kappa shape index (κ2) is 8.81. The molecule has 1 amide bonds. The molecule has 0 radical (unpaired) electrons. The first-order valence-corrected chi connectivity index (χ1v) is 10.5. The minimum atomic E-state index is -0.102. The van der Waals surface area contributed by atoms with Gasteiger partial charge in [-0.2, -0.15) is 0 Å². The monoisotopic (exact) mass is 412 g/mol. The number of nitrogens with zero attached hydrogens (tertiary/aromatic N) is 5. The Morgan fingerprint density at radius 3 is 2.79 bits per heavy atom. The van der Waals surface area contributed by atoms with Crippen LogP contribution in [0, 0.1) is 6.92 Å². The van der Waals surface area contributed by atoms with Crippen molar-refractivity contribution in [3.8, 4) is 16.1 Å². The van der Waals surface area contributed by atoms with Crippen LogP contribution < -0.4 is 5.32 Å². The van der Waals surface area contributed by atoms with Crippen LogP contribution in [0.5, 0.6) is 0 Å². The van der Waals surface area contributed by atoms with Gasteiger partial charge in [-0.05, 0) is 60.2 Å².